The fraction of sp³-hybridized carbons (Fsp3) is 0.294. The van der Waals surface area contributed by atoms with Crippen molar-refractivity contribution in [3.8, 4) is 11.4 Å². The minimum Gasteiger partial charge on any atom is -0.351 e. The van der Waals surface area contributed by atoms with Crippen molar-refractivity contribution in [2.24, 2.45) is 4.99 Å². The molecule has 0 aliphatic rings. The third kappa shape index (κ3) is 5.88. The number of hydrogen-bond donors (Lipinski definition) is 2. The molecule has 3 rings (SSSR count). The summed E-state index contributed by atoms with van der Waals surface area (Å²) < 4.78 is 5.28. The van der Waals surface area contributed by atoms with Crippen molar-refractivity contribution >= 4 is 52.9 Å². The van der Waals surface area contributed by atoms with E-state index in [0.717, 1.165) is 16.3 Å². The molecule has 0 spiro atoms. The van der Waals surface area contributed by atoms with Gasteiger partial charge in [-0.3, -0.25) is 4.99 Å². The first-order valence-corrected chi connectivity index (χ1v) is 9.20. The van der Waals surface area contributed by atoms with E-state index < -0.39 is 0 Å². The van der Waals surface area contributed by atoms with Gasteiger partial charge in [-0.2, -0.15) is 4.98 Å². The molecular weight excluding hydrogens is 499 g/mol. The van der Waals surface area contributed by atoms with Gasteiger partial charge in [0.1, 0.15) is 0 Å². The standard InChI is InChI=1S/C17H19ClN6OS.HI/c1-10-14(26-11(2)22-10)8-20-17(19-3)21-9-15-23-16(24-25-15)12-5-4-6-13(18)7-12;/h4-7H,8-9H2,1-3H3,(H2,19,20,21);1H. The predicted molar refractivity (Wildman–Crippen MR) is 119 cm³/mol. The molecule has 2 heterocycles. The molecule has 2 N–H and O–H groups in total. The van der Waals surface area contributed by atoms with Crippen LogP contribution in [-0.4, -0.2) is 28.1 Å². The largest absolute Gasteiger partial charge is 0.351 e. The highest BCUT2D eigenvalue weighted by atomic mass is 127. The van der Waals surface area contributed by atoms with Crippen LogP contribution in [0.1, 0.15) is 21.5 Å². The molecule has 144 valence electrons. The van der Waals surface area contributed by atoms with E-state index in [-0.39, 0.29) is 24.0 Å². The Kier molecular flexibility index (Phi) is 7.99. The Balaban J connectivity index is 0.00000261. The second-order valence-corrected chi connectivity index (χ2v) is 7.27. The maximum Gasteiger partial charge on any atom is 0.246 e. The van der Waals surface area contributed by atoms with Crippen molar-refractivity contribution in [3.05, 3.63) is 50.8 Å². The van der Waals surface area contributed by atoms with E-state index in [1.807, 2.05) is 26.0 Å². The molecule has 3 aromatic rings. The molecule has 0 amide bonds. The van der Waals surface area contributed by atoms with Crippen LogP contribution in [-0.2, 0) is 13.1 Å². The molecular formula is C17H20ClIN6OS. The van der Waals surface area contributed by atoms with Gasteiger partial charge >= 0.3 is 0 Å². The number of halogens is 2. The Morgan fingerprint density at radius 3 is 2.67 bits per heavy atom. The first kappa shape index (κ1) is 21.6. The van der Waals surface area contributed by atoms with E-state index in [9.17, 15) is 0 Å². The number of nitrogens with zero attached hydrogens (tertiary/aromatic N) is 4. The van der Waals surface area contributed by atoms with Crippen molar-refractivity contribution in [3.63, 3.8) is 0 Å². The summed E-state index contributed by atoms with van der Waals surface area (Å²) in [4.78, 5) is 14.2. The molecule has 0 fully saturated rings. The van der Waals surface area contributed by atoms with Crippen LogP contribution in [0.15, 0.2) is 33.8 Å². The molecule has 0 saturated heterocycles. The molecule has 7 nitrogen and oxygen atoms in total. The molecule has 0 radical (unpaired) electrons. The van der Waals surface area contributed by atoms with Gasteiger partial charge in [0.05, 0.1) is 23.8 Å². The zero-order valence-electron chi connectivity index (χ0n) is 15.1. The summed E-state index contributed by atoms with van der Waals surface area (Å²) in [6.07, 6.45) is 0. The minimum absolute atomic E-state index is 0. The van der Waals surface area contributed by atoms with Gasteiger partial charge in [0, 0.05) is 22.5 Å². The third-order valence-electron chi connectivity index (χ3n) is 3.60. The van der Waals surface area contributed by atoms with Crippen LogP contribution in [0, 0.1) is 13.8 Å². The minimum atomic E-state index is 0. The number of hydrogen-bond acceptors (Lipinski definition) is 6. The van der Waals surface area contributed by atoms with Gasteiger partial charge in [-0.25, -0.2) is 4.98 Å². The summed E-state index contributed by atoms with van der Waals surface area (Å²) in [5.74, 6) is 1.62. The fourth-order valence-corrected chi connectivity index (χ4v) is 3.42. The Morgan fingerprint density at radius 2 is 2.00 bits per heavy atom. The first-order valence-electron chi connectivity index (χ1n) is 8.01. The van der Waals surface area contributed by atoms with Gasteiger partial charge in [0.15, 0.2) is 5.96 Å². The lowest BCUT2D eigenvalue weighted by molar-refractivity contribution is 0.375. The highest BCUT2D eigenvalue weighted by molar-refractivity contribution is 14.0. The maximum atomic E-state index is 5.99. The summed E-state index contributed by atoms with van der Waals surface area (Å²) in [5, 5.41) is 12.1. The van der Waals surface area contributed by atoms with Gasteiger partial charge in [0.2, 0.25) is 11.7 Å². The molecule has 0 aliphatic heterocycles. The molecule has 0 saturated carbocycles. The van der Waals surface area contributed by atoms with Crippen LogP contribution in [0.4, 0.5) is 0 Å². The Morgan fingerprint density at radius 1 is 1.22 bits per heavy atom. The number of benzene rings is 1. The zero-order valence-corrected chi connectivity index (χ0v) is 19.0. The summed E-state index contributed by atoms with van der Waals surface area (Å²) in [6.45, 7) is 5.04. The summed E-state index contributed by atoms with van der Waals surface area (Å²) >= 11 is 7.67. The normalized spacial score (nSPS) is 11.2. The third-order valence-corrected chi connectivity index (χ3v) is 4.91. The molecule has 0 atom stereocenters. The van der Waals surface area contributed by atoms with Crippen molar-refractivity contribution in [2.75, 3.05) is 7.05 Å². The summed E-state index contributed by atoms with van der Waals surface area (Å²) in [5.41, 5.74) is 1.85. The number of nitrogens with one attached hydrogen (secondary N) is 2. The highest BCUT2D eigenvalue weighted by Gasteiger charge is 2.10. The molecule has 2 aromatic heterocycles. The van der Waals surface area contributed by atoms with Gasteiger partial charge in [-0.05, 0) is 26.0 Å². The van der Waals surface area contributed by atoms with Crippen LogP contribution >= 0.6 is 46.9 Å². The first-order chi connectivity index (χ1) is 12.5. The van der Waals surface area contributed by atoms with Crippen LogP contribution in [0.25, 0.3) is 11.4 Å². The second-order valence-electron chi connectivity index (χ2n) is 5.54. The van der Waals surface area contributed by atoms with Gasteiger partial charge in [-0.1, -0.05) is 28.9 Å². The topological polar surface area (TPSA) is 88.2 Å². The number of aryl methyl sites for hydroxylation is 2. The van der Waals surface area contributed by atoms with Gasteiger partial charge in [0.25, 0.3) is 0 Å². The second kappa shape index (κ2) is 10.00. The van der Waals surface area contributed by atoms with E-state index in [1.54, 1.807) is 30.5 Å². The molecule has 1 aromatic carbocycles. The summed E-state index contributed by atoms with van der Waals surface area (Å²) in [7, 11) is 1.71. The van der Waals surface area contributed by atoms with E-state index in [2.05, 4.69) is 30.8 Å². The average Bonchev–Trinajstić information content (AvgIpc) is 3.21. The lowest BCUT2D eigenvalue weighted by Gasteiger charge is -2.09. The summed E-state index contributed by atoms with van der Waals surface area (Å²) in [6, 6.07) is 7.33. The zero-order chi connectivity index (χ0) is 18.5. The van der Waals surface area contributed by atoms with Crippen LogP contribution in [0.3, 0.4) is 0 Å². The van der Waals surface area contributed by atoms with Crippen molar-refractivity contribution in [2.45, 2.75) is 26.9 Å². The SMILES string of the molecule is CN=C(NCc1nc(-c2cccc(Cl)c2)no1)NCc1sc(C)nc1C.I. The highest BCUT2D eigenvalue weighted by Crippen LogP contribution is 2.20. The lowest BCUT2D eigenvalue weighted by atomic mass is 10.2. The molecule has 0 unspecified atom stereocenters. The monoisotopic (exact) mass is 518 g/mol. The fourth-order valence-electron chi connectivity index (χ4n) is 2.35. The van der Waals surface area contributed by atoms with E-state index in [0.29, 0.717) is 35.8 Å². The molecule has 10 heteroatoms. The number of guanidine groups is 1. The van der Waals surface area contributed by atoms with Gasteiger partial charge < -0.3 is 15.2 Å². The molecule has 0 aliphatic carbocycles. The van der Waals surface area contributed by atoms with E-state index >= 15 is 0 Å². The van der Waals surface area contributed by atoms with Gasteiger partial charge in [-0.15, -0.1) is 35.3 Å². The average molecular weight is 519 g/mol. The predicted octanol–water partition coefficient (Wildman–Crippen LogP) is 3.95. The van der Waals surface area contributed by atoms with E-state index in [1.165, 1.54) is 4.88 Å². The van der Waals surface area contributed by atoms with Crippen molar-refractivity contribution < 1.29 is 4.52 Å². The van der Waals surface area contributed by atoms with Crippen molar-refractivity contribution in [1.29, 1.82) is 0 Å². The molecule has 27 heavy (non-hydrogen) atoms. The Hall–Kier alpha value is -1.72. The van der Waals surface area contributed by atoms with Crippen LogP contribution < -0.4 is 10.6 Å². The smallest absolute Gasteiger partial charge is 0.246 e. The Labute approximate surface area is 183 Å². The lowest BCUT2D eigenvalue weighted by Crippen LogP contribution is -2.36. The quantitative estimate of drug-likeness (QED) is 0.302. The maximum absolute atomic E-state index is 5.99. The van der Waals surface area contributed by atoms with Crippen molar-refractivity contribution in [1.82, 2.24) is 25.8 Å². The Bertz CT molecular complexity index is 926. The number of aliphatic imine (C=N–C) groups is 1. The number of thiazole rings is 1. The molecule has 0 bridgehead atoms. The number of rotatable bonds is 5. The van der Waals surface area contributed by atoms with E-state index in [4.69, 9.17) is 16.1 Å². The van der Waals surface area contributed by atoms with Crippen LogP contribution in [0.5, 0.6) is 0 Å². The number of aromatic nitrogens is 3. The van der Waals surface area contributed by atoms with Crippen LogP contribution in [0.2, 0.25) is 5.02 Å².